The van der Waals surface area contributed by atoms with E-state index in [2.05, 4.69) is 4.40 Å². The molecule has 4 rings (SSSR count). The Morgan fingerprint density at radius 1 is 1.19 bits per heavy atom. The van der Waals surface area contributed by atoms with E-state index >= 15 is 0 Å². The standard InChI is InChI=1S/C26H30N4O4S2/c1-5-34-26(31)23-25(35-4)28-24(20-14-15-20)30(23)16-18-10-12-19(13-11-18)21-8-6-7-9-22(21)36(32,33)27-17-29(2)3/h6-13,17,20H,5,14-16H2,1-4H3/b27-17+. The van der Waals surface area contributed by atoms with Gasteiger partial charge in [0.15, 0.2) is 5.69 Å². The summed E-state index contributed by atoms with van der Waals surface area (Å²) in [5.41, 5.74) is 2.81. The van der Waals surface area contributed by atoms with Gasteiger partial charge in [-0.15, -0.1) is 16.2 Å². The SMILES string of the molecule is CCOC(=O)c1c(SC)nc(C2CC2)n1Cc1ccc(-c2ccccc2S(=O)(=O)/N=C/N(C)C)cc1. The number of aromatic nitrogens is 2. The summed E-state index contributed by atoms with van der Waals surface area (Å²) in [5.74, 6) is 0.912. The van der Waals surface area contributed by atoms with Crippen molar-refractivity contribution in [2.75, 3.05) is 27.0 Å². The number of imidazole rings is 1. The van der Waals surface area contributed by atoms with Gasteiger partial charge in [0.1, 0.15) is 17.2 Å². The first-order valence-electron chi connectivity index (χ1n) is 11.7. The third kappa shape index (κ3) is 5.65. The van der Waals surface area contributed by atoms with Gasteiger partial charge < -0.3 is 14.2 Å². The van der Waals surface area contributed by atoms with E-state index in [4.69, 9.17) is 9.72 Å². The number of nitrogens with zero attached hydrogens (tertiary/aromatic N) is 4. The van der Waals surface area contributed by atoms with Crippen LogP contribution in [0.25, 0.3) is 11.1 Å². The van der Waals surface area contributed by atoms with Crippen molar-refractivity contribution in [2.24, 2.45) is 4.40 Å². The molecule has 0 bridgehead atoms. The minimum absolute atomic E-state index is 0.149. The Hall–Kier alpha value is -3.11. The van der Waals surface area contributed by atoms with Crippen molar-refractivity contribution in [2.45, 2.75) is 42.1 Å². The van der Waals surface area contributed by atoms with Gasteiger partial charge in [0, 0.05) is 32.1 Å². The monoisotopic (exact) mass is 526 g/mol. The number of benzene rings is 2. The Balaban J connectivity index is 1.67. The number of carbonyl (C=O) groups is 1. The summed E-state index contributed by atoms with van der Waals surface area (Å²) in [6.45, 7) is 2.56. The fourth-order valence-electron chi connectivity index (χ4n) is 3.92. The number of rotatable bonds is 10. The fraction of sp³-hybridized carbons (Fsp3) is 0.346. The van der Waals surface area contributed by atoms with E-state index in [1.165, 1.54) is 18.1 Å². The lowest BCUT2D eigenvalue weighted by Gasteiger charge is -2.13. The average molecular weight is 527 g/mol. The minimum atomic E-state index is -3.86. The van der Waals surface area contributed by atoms with Gasteiger partial charge in [-0.2, -0.15) is 8.42 Å². The normalized spacial score (nSPS) is 13.8. The summed E-state index contributed by atoms with van der Waals surface area (Å²) in [6, 6.07) is 14.5. The van der Waals surface area contributed by atoms with Crippen LogP contribution in [0.3, 0.4) is 0 Å². The predicted molar refractivity (Wildman–Crippen MR) is 142 cm³/mol. The summed E-state index contributed by atoms with van der Waals surface area (Å²) in [7, 11) is -0.427. The highest BCUT2D eigenvalue weighted by molar-refractivity contribution is 7.98. The van der Waals surface area contributed by atoms with E-state index < -0.39 is 10.0 Å². The molecule has 1 saturated carbocycles. The van der Waals surface area contributed by atoms with Gasteiger partial charge in [-0.3, -0.25) is 0 Å². The summed E-state index contributed by atoms with van der Waals surface area (Å²) < 4.78 is 36.8. The number of carbonyl (C=O) groups excluding carboxylic acids is 1. The molecule has 0 N–H and O–H groups in total. The van der Waals surface area contributed by atoms with Crippen LogP contribution < -0.4 is 0 Å². The molecular weight excluding hydrogens is 496 g/mol. The van der Waals surface area contributed by atoms with Crippen molar-refractivity contribution in [1.29, 1.82) is 0 Å². The Morgan fingerprint density at radius 2 is 1.89 bits per heavy atom. The van der Waals surface area contributed by atoms with Crippen molar-refractivity contribution in [1.82, 2.24) is 14.5 Å². The van der Waals surface area contributed by atoms with Crippen LogP contribution in [0.4, 0.5) is 0 Å². The van der Waals surface area contributed by atoms with Crippen molar-refractivity contribution in [3.8, 4) is 11.1 Å². The lowest BCUT2D eigenvalue weighted by Crippen LogP contribution is -2.15. The maximum Gasteiger partial charge on any atom is 0.357 e. The largest absolute Gasteiger partial charge is 0.461 e. The van der Waals surface area contributed by atoms with Crippen molar-refractivity contribution >= 4 is 34.1 Å². The van der Waals surface area contributed by atoms with Crippen LogP contribution in [0.15, 0.2) is 62.9 Å². The number of sulfonamides is 1. The lowest BCUT2D eigenvalue weighted by molar-refractivity contribution is 0.0509. The zero-order chi connectivity index (χ0) is 25.9. The summed E-state index contributed by atoms with van der Waals surface area (Å²) in [6.07, 6.45) is 5.32. The van der Waals surface area contributed by atoms with Crippen LogP contribution >= 0.6 is 11.8 Å². The molecule has 10 heteroatoms. The molecule has 8 nitrogen and oxygen atoms in total. The first-order valence-corrected chi connectivity index (χ1v) is 14.4. The molecule has 0 atom stereocenters. The number of esters is 1. The van der Waals surface area contributed by atoms with Gasteiger partial charge in [-0.25, -0.2) is 9.78 Å². The smallest absolute Gasteiger partial charge is 0.357 e. The molecule has 3 aromatic rings. The highest BCUT2D eigenvalue weighted by atomic mass is 32.2. The summed E-state index contributed by atoms with van der Waals surface area (Å²) in [4.78, 5) is 19.3. The topological polar surface area (TPSA) is 93.9 Å². The van der Waals surface area contributed by atoms with Crippen LogP contribution in [0, 0.1) is 0 Å². The molecule has 190 valence electrons. The van der Waals surface area contributed by atoms with Gasteiger partial charge >= 0.3 is 5.97 Å². The number of ether oxygens (including phenoxy) is 1. The highest BCUT2D eigenvalue weighted by Crippen LogP contribution is 2.41. The van der Waals surface area contributed by atoms with Crippen LogP contribution in [-0.4, -0.2) is 62.1 Å². The van der Waals surface area contributed by atoms with E-state index in [0.717, 1.165) is 29.8 Å². The molecule has 0 amide bonds. The lowest BCUT2D eigenvalue weighted by atomic mass is 10.0. The Bertz CT molecular complexity index is 1380. The van der Waals surface area contributed by atoms with Gasteiger partial charge in [0.05, 0.1) is 11.5 Å². The molecule has 2 aromatic carbocycles. The minimum Gasteiger partial charge on any atom is -0.461 e. The second kappa shape index (κ2) is 10.9. The molecule has 1 aromatic heterocycles. The molecular formula is C26H30N4O4S2. The maximum absolute atomic E-state index is 12.9. The van der Waals surface area contributed by atoms with Crippen molar-refractivity contribution < 1.29 is 17.9 Å². The van der Waals surface area contributed by atoms with Crippen molar-refractivity contribution in [3.05, 3.63) is 65.6 Å². The number of hydrogen-bond donors (Lipinski definition) is 0. The third-order valence-corrected chi connectivity index (χ3v) is 7.71. The van der Waals surface area contributed by atoms with Gasteiger partial charge in [-0.05, 0) is 43.2 Å². The van der Waals surface area contributed by atoms with Crippen LogP contribution in [0.1, 0.15) is 47.6 Å². The zero-order valence-corrected chi connectivity index (χ0v) is 22.5. The Morgan fingerprint density at radius 3 is 2.50 bits per heavy atom. The first kappa shape index (κ1) is 26.0. The molecule has 0 radical (unpaired) electrons. The molecule has 0 saturated heterocycles. The molecule has 0 aliphatic heterocycles. The van der Waals surface area contributed by atoms with Gasteiger partial charge in [0.25, 0.3) is 10.0 Å². The molecule has 0 spiro atoms. The summed E-state index contributed by atoms with van der Waals surface area (Å²) in [5, 5.41) is 0.685. The number of hydrogen-bond acceptors (Lipinski definition) is 6. The van der Waals surface area contributed by atoms with Gasteiger partial charge in [0.2, 0.25) is 0 Å². The molecule has 1 fully saturated rings. The van der Waals surface area contributed by atoms with E-state index in [0.29, 0.717) is 35.4 Å². The van der Waals surface area contributed by atoms with E-state index in [1.54, 1.807) is 50.2 Å². The average Bonchev–Trinajstić information content (AvgIpc) is 3.65. The van der Waals surface area contributed by atoms with Gasteiger partial charge in [-0.1, -0.05) is 42.5 Å². The summed E-state index contributed by atoms with van der Waals surface area (Å²) >= 11 is 1.45. The number of thioether (sulfide) groups is 1. The maximum atomic E-state index is 12.9. The van der Waals surface area contributed by atoms with E-state index in [9.17, 15) is 13.2 Å². The van der Waals surface area contributed by atoms with Crippen molar-refractivity contribution in [3.63, 3.8) is 0 Å². The molecule has 1 aliphatic carbocycles. The second-order valence-electron chi connectivity index (χ2n) is 8.76. The quantitative estimate of drug-likeness (QED) is 0.164. The molecule has 1 heterocycles. The molecule has 1 aliphatic rings. The molecule has 0 unspecified atom stereocenters. The van der Waals surface area contributed by atoms with Crippen LogP contribution in [0.5, 0.6) is 0 Å². The third-order valence-electron chi connectivity index (χ3n) is 5.76. The van der Waals surface area contributed by atoms with E-state index in [1.807, 2.05) is 35.1 Å². The molecule has 36 heavy (non-hydrogen) atoms. The Labute approximate surface area is 216 Å². The van der Waals surface area contributed by atoms with Crippen LogP contribution in [-0.2, 0) is 21.3 Å². The second-order valence-corrected chi connectivity index (χ2v) is 11.2. The van der Waals surface area contributed by atoms with Crippen LogP contribution in [0.2, 0.25) is 0 Å². The predicted octanol–water partition coefficient (Wildman–Crippen LogP) is 4.65. The van der Waals surface area contributed by atoms with E-state index in [-0.39, 0.29) is 10.9 Å². The first-order chi connectivity index (χ1) is 17.2. The highest BCUT2D eigenvalue weighted by Gasteiger charge is 2.33. The zero-order valence-electron chi connectivity index (χ0n) is 20.8. The fourth-order valence-corrected chi connectivity index (χ4v) is 5.63. The Kier molecular flexibility index (Phi) is 7.85.